The molecule has 6 heteroatoms. The van der Waals surface area contributed by atoms with Gasteiger partial charge in [-0.1, -0.05) is 30.7 Å². The smallest absolute Gasteiger partial charge is 0.280 e. The number of amides is 1. The number of anilines is 1. The molecular weight excluding hydrogens is 366 g/mol. The van der Waals surface area contributed by atoms with Crippen LogP contribution in [0.4, 0.5) is 5.00 Å². The molecule has 1 aromatic heterocycles. The number of carbonyl (C=O) groups is 1. The van der Waals surface area contributed by atoms with Crippen LogP contribution in [0.25, 0.3) is 0 Å². The highest BCUT2D eigenvalue weighted by Crippen LogP contribution is 2.39. The summed E-state index contributed by atoms with van der Waals surface area (Å²) >= 11 is 7.59. The number of carbonyl (C=O) groups excluding carboxylic acids is 1. The van der Waals surface area contributed by atoms with Crippen LogP contribution >= 0.6 is 22.9 Å². The summed E-state index contributed by atoms with van der Waals surface area (Å²) in [6.07, 6.45) is 3.05. The van der Waals surface area contributed by atoms with Crippen LogP contribution in [0.3, 0.4) is 0 Å². The van der Waals surface area contributed by atoms with E-state index in [0.29, 0.717) is 28.0 Å². The predicted molar refractivity (Wildman–Crippen MR) is 106 cm³/mol. The van der Waals surface area contributed by atoms with Crippen LogP contribution in [0.15, 0.2) is 24.3 Å². The third-order valence-electron chi connectivity index (χ3n) is 4.73. The second-order valence-electron chi connectivity index (χ2n) is 7.16. The first-order valence-corrected chi connectivity index (χ1v) is 10.1. The zero-order chi connectivity index (χ0) is 18.7. The van der Waals surface area contributed by atoms with E-state index in [1.165, 1.54) is 4.88 Å². The maximum absolute atomic E-state index is 12.5. The summed E-state index contributed by atoms with van der Waals surface area (Å²) in [7, 11) is 1.98. The summed E-state index contributed by atoms with van der Waals surface area (Å²) in [6, 6.07) is 9.99. The van der Waals surface area contributed by atoms with Crippen LogP contribution in [0.2, 0.25) is 5.02 Å². The van der Waals surface area contributed by atoms with Crippen molar-refractivity contribution in [3.05, 3.63) is 50.9 Å². The summed E-state index contributed by atoms with van der Waals surface area (Å²) in [4.78, 5) is 14.8. The van der Waals surface area contributed by atoms with Crippen molar-refractivity contribution in [2.75, 3.05) is 18.9 Å². The van der Waals surface area contributed by atoms with Gasteiger partial charge in [0.15, 0.2) is 6.54 Å². The van der Waals surface area contributed by atoms with Crippen molar-refractivity contribution in [3.63, 3.8) is 0 Å². The van der Waals surface area contributed by atoms with E-state index in [2.05, 4.69) is 18.3 Å². The minimum atomic E-state index is -0.0623. The first-order valence-electron chi connectivity index (χ1n) is 8.86. The lowest BCUT2D eigenvalue weighted by atomic mass is 9.89. The van der Waals surface area contributed by atoms with Crippen molar-refractivity contribution in [2.24, 2.45) is 5.92 Å². The number of hydrogen-bond acceptors (Lipinski definition) is 3. The number of halogens is 1. The van der Waals surface area contributed by atoms with Gasteiger partial charge in [-0.15, -0.1) is 11.3 Å². The molecule has 2 atom stereocenters. The van der Waals surface area contributed by atoms with E-state index in [4.69, 9.17) is 11.6 Å². The minimum absolute atomic E-state index is 0.0623. The molecular formula is C20H23ClN3OS+. The Morgan fingerprint density at radius 2 is 2.31 bits per heavy atom. The molecule has 3 rings (SSSR count). The first-order chi connectivity index (χ1) is 12.5. The number of nitrogens with one attached hydrogen (secondary N) is 2. The van der Waals surface area contributed by atoms with Gasteiger partial charge in [-0.2, -0.15) is 5.26 Å². The number of fused-ring (bicyclic) bond motifs is 1. The third-order valence-corrected chi connectivity index (χ3v) is 6.14. The van der Waals surface area contributed by atoms with Crippen molar-refractivity contribution in [1.82, 2.24) is 0 Å². The van der Waals surface area contributed by atoms with Crippen LogP contribution in [-0.2, 0) is 24.2 Å². The number of quaternary nitrogens is 1. The molecule has 1 heterocycles. The topological polar surface area (TPSA) is 57.3 Å². The highest BCUT2D eigenvalue weighted by molar-refractivity contribution is 7.16. The molecule has 0 radical (unpaired) electrons. The molecule has 0 bridgehead atoms. The number of thiophene rings is 1. The molecule has 4 nitrogen and oxygen atoms in total. The minimum Gasteiger partial charge on any atom is -0.326 e. The Labute approximate surface area is 163 Å². The van der Waals surface area contributed by atoms with E-state index >= 15 is 0 Å². The van der Waals surface area contributed by atoms with E-state index in [1.807, 2.05) is 31.3 Å². The Hall–Kier alpha value is -1.87. The number of nitriles is 1. The average molecular weight is 389 g/mol. The second kappa shape index (κ2) is 8.22. The van der Waals surface area contributed by atoms with Gasteiger partial charge < -0.3 is 10.2 Å². The normalized spacial score (nSPS) is 17.2. The fraction of sp³-hybridized carbons (Fsp3) is 0.400. The predicted octanol–water partition coefficient (Wildman–Crippen LogP) is 3.05. The van der Waals surface area contributed by atoms with Gasteiger partial charge in [0, 0.05) is 15.5 Å². The van der Waals surface area contributed by atoms with Gasteiger partial charge in [0.1, 0.15) is 17.6 Å². The highest BCUT2D eigenvalue weighted by atomic mass is 35.5. The summed E-state index contributed by atoms with van der Waals surface area (Å²) in [5.74, 6) is 0.581. The molecule has 0 fully saturated rings. The maximum atomic E-state index is 12.5. The molecule has 136 valence electrons. The summed E-state index contributed by atoms with van der Waals surface area (Å²) in [5, 5.41) is 13.9. The molecule has 2 N–H and O–H groups in total. The van der Waals surface area contributed by atoms with Gasteiger partial charge in [-0.05, 0) is 42.9 Å². The van der Waals surface area contributed by atoms with E-state index in [0.717, 1.165) is 41.8 Å². The molecule has 0 saturated heterocycles. The Morgan fingerprint density at radius 1 is 1.50 bits per heavy atom. The molecule has 1 amide bonds. The zero-order valence-corrected chi connectivity index (χ0v) is 16.6. The van der Waals surface area contributed by atoms with Crippen LogP contribution in [-0.4, -0.2) is 19.5 Å². The van der Waals surface area contributed by atoms with Crippen LogP contribution in [0, 0.1) is 17.2 Å². The fourth-order valence-corrected chi connectivity index (χ4v) is 5.05. The number of rotatable bonds is 5. The quantitative estimate of drug-likeness (QED) is 0.827. The van der Waals surface area contributed by atoms with Crippen molar-refractivity contribution in [3.8, 4) is 6.07 Å². The molecule has 0 spiro atoms. The molecule has 1 aromatic carbocycles. The lowest BCUT2D eigenvalue weighted by Gasteiger charge is -2.17. The maximum Gasteiger partial charge on any atom is 0.280 e. The van der Waals surface area contributed by atoms with Crippen molar-refractivity contribution >= 4 is 33.8 Å². The fourth-order valence-electron chi connectivity index (χ4n) is 3.46. The Morgan fingerprint density at radius 3 is 3.04 bits per heavy atom. The van der Waals surface area contributed by atoms with E-state index < -0.39 is 0 Å². The standard InChI is InChI=1S/C20H22ClN3OS/c1-13-6-7-16-17(10-22)20(26-18(16)8-13)23-19(25)12-24(2)11-14-4-3-5-15(21)9-14/h3-5,9,13H,6-8,11-12H2,1-2H3,(H,23,25)/p+1/t13-/m1/s1. The van der Waals surface area contributed by atoms with Gasteiger partial charge in [0.2, 0.25) is 0 Å². The lowest BCUT2D eigenvalue weighted by Crippen LogP contribution is -3.08. The number of likely N-dealkylation sites (N-methyl/N-ethyl adjacent to an activating group) is 1. The average Bonchev–Trinajstić information content (AvgIpc) is 2.90. The third kappa shape index (κ3) is 4.45. The summed E-state index contributed by atoms with van der Waals surface area (Å²) < 4.78 is 0. The Bertz CT molecular complexity index is 855. The van der Waals surface area contributed by atoms with Gasteiger partial charge >= 0.3 is 0 Å². The molecule has 0 aliphatic heterocycles. The van der Waals surface area contributed by atoms with Crippen LogP contribution in [0.1, 0.15) is 34.9 Å². The molecule has 1 aliphatic carbocycles. The number of benzene rings is 1. The molecule has 1 aliphatic rings. The molecule has 26 heavy (non-hydrogen) atoms. The van der Waals surface area contributed by atoms with Crippen molar-refractivity contribution in [1.29, 1.82) is 5.26 Å². The van der Waals surface area contributed by atoms with Crippen LogP contribution < -0.4 is 10.2 Å². The van der Waals surface area contributed by atoms with Gasteiger partial charge in [0.25, 0.3) is 5.91 Å². The SMILES string of the molecule is C[C@@H]1CCc2c(sc(NC(=O)C[NH+](C)Cc3cccc(Cl)c3)c2C#N)C1. The summed E-state index contributed by atoms with van der Waals surface area (Å²) in [6.45, 7) is 3.30. The first kappa shape index (κ1) is 18.9. The van der Waals surface area contributed by atoms with E-state index in [9.17, 15) is 10.1 Å². The molecule has 0 saturated carbocycles. The molecule has 1 unspecified atom stereocenters. The monoisotopic (exact) mass is 388 g/mol. The number of nitrogens with zero attached hydrogens (tertiary/aromatic N) is 1. The van der Waals surface area contributed by atoms with E-state index in [-0.39, 0.29) is 5.91 Å². The largest absolute Gasteiger partial charge is 0.326 e. The van der Waals surface area contributed by atoms with Crippen LogP contribution in [0.5, 0.6) is 0 Å². The second-order valence-corrected chi connectivity index (χ2v) is 8.70. The zero-order valence-electron chi connectivity index (χ0n) is 15.1. The van der Waals surface area contributed by atoms with Gasteiger partial charge in [-0.3, -0.25) is 4.79 Å². The van der Waals surface area contributed by atoms with Gasteiger partial charge in [0.05, 0.1) is 12.6 Å². The summed E-state index contributed by atoms with van der Waals surface area (Å²) in [5.41, 5.74) is 2.91. The Balaban J connectivity index is 1.64. The Kier molecular flexibility index (Phi) is 5.98. The highest BCUT2D eigenvalue weighted by Gasteiger charge is 2.25. The molecule has 2 aromatic rings. The van der Waals surface area contributed by atoms with Gasteiger partial charge in [-0.25, -0.2) is 0 Å². The number of hydrogen-bond donors (Lipinski definition) is 2. The van der Waals surface area contributed by atoms with Crippen molar-refractivity contribution in [2.45, 2.75) is 32.7 Å². The van der Waals surface area contributed by atoms with Crippen molar-refractivity contribution < 1.29 is 9.69 Å². The van der Waals surface area contributed by atoms with E-state index in [1.54, 1.807) is 11.3 Å². The lowest BCUT2D eigenvalue weighted by molar-refractivity contribution is -0.885.